The van der Waals surface area contributed by atoms with E-state index in [9.17, 15) is 0 Å². The Balaban J connectivity index is 1.79. The minimum atomic E-state index is 0.107. The molecular formula is C23H25N5O. The molecule has 0 unspecified atom stereocenters. The van der Waals surface area contributed by atoms with Crippen LogP contribution in [0.2, 0.25) is 0 Å². The minimum Gasteiger partial charge on any atom is -0.395 e. The fraction of sp³-hybridized carbons (Fsp3) is 0.217. The lowest BCUT2D eigenvalue weighted by Gasteiger charge is -2.09. The van der Waals surface area contributed by atoms with Gasteiger partial charge in [-0.3, -0.25) is 5.41 Å². The molecular weight excluding hydrogens is 362 g/mol. The largest absolute Gasteiger partial charge is 0.395 e. The van der Waals surface area contributed by atoms with Crippen LogP contribution in [0.4, 0.5) is 0 Å². The van der Waals surface area contributed by atoms with Gasteiger partial charge in [-0.25, -0.2) is 4.98 Å². The maximum atomic E-state index is 8.92. The van der Waals surface area contributed by atoms with Gasteiger partial charge in [0.1, 0.15) is 11.1 Å². The first-order valence-corrected chi connectivity index (χ1v) is 9.81. The van der Waals surface area contributed by atoms with E-state index >= 15 is 0 Å². The summed E-state index contributed by atoms with van der Waals surface area (Å²) in [5.74, 6) is 0. The van der Waals surface area contributed by atoms with Crippen molar-refractivity contribution >= 4 is 11.0 Å². The molecule has 0 amide bonds. The van der Waals surface area contributed by atoms with Gasteiger partial charge in [-0.2, -0.15) is 0 Å². The van der Waals surface area contributed by atoms with E-state index in [-0.39, 0.29) is 6.61 Å². The Kier molecular flexibility index (Phi) is 5.84. The van der Waals surface area contributed by atoms with Crippen molar-refractivity contribution in [2.75, 3.05) is 19.7 Å². The number of aliphatic hydroxyl groups excluding tert-OH is 1. The highest BCUT2D eigenvalue weighted by Gasteiger charge is 2.15. The molecule has 0 spiro atoms. The third-order valence-corrected chi connectivity index (χ3v) is 4.99. The molecule has 0 aliphatic rings. The van der Waals surface area contributed by atoms with Gasteiger partial charge >= 0.3 is 0 Å². The van der Waals surface area contributed by atoms with Crippen LogP contribution in [-0.2, 0) is 13.1 Å². The van der Waals surface area contributed by atoms with Gasteiger partial charge in [0, 0.05) is 37.9 Å². The zero-order chi connectivity index (χ0) is 20.1. The zero-order valence-electron chi connectivity index (χ0n) is 16.3. The predicted molar refractivity (Wildman–Crippen MR) is 115 cm³/mol. The molecule has 6 heteroatoms. The van der Waals surface area contributed by atoms with Crippen LogP contribution >= 0.6 is 0 Å². The highest BCUT2D eigenvalue weighted by molar-refractivity contribution is 5.93. The second-order valence-electron chi connectivity index (χ2n) is 6.98. The lowest BCUT2D eigenvalue weighted by atomic mass is 10.1. The maximum Gasteiger partial charge on any atom is 0.146 e. The van der Waals surface area contributed by atoms with E-state index in [4.69, 9.17) is 15.5 Å². The summed E-state index contributed by atoms with van der Waals surface area (Å²) in [6, 6.07) is 20.5. The van der Waals surface area contributed by atoms with E-state index in [0.717, 1.165) is 22.2 Å². The molecule has 4 rings (SSSR count). The number of nitrogens with one attached hydrogen (secondary N) is 2. The van der Waals surface area contributed by atoms with Gasteiger partial charge in [0.15, 0.2) is 0 Å². The molecule has 4 aromatic rings. The SMILES string of the molecule is N=c1c2c(-c3ccccc3)cn(Cc3ccccc3)c2ncn1CCNCCO. The van der Waals surface area contributed by atoms with Crippen molar-refractivity contribution < 1.29 is 5.11 Å². The Labute approximate surface area is 169 Å². The lowest BCUT2D eigenvalue weighted by molar-refractivity contribution is 0.291. The molecule has 2 heterocycles. The normalized spacial score (nSPS) is 11.2. The zero-order valence-corrected chi connectivity index (χ0v) is 16.3. The number of fused-ring (bicyclic) bond motifs is 1. The third-order valence-electron chi connectivity index (χ3n) is 4.99. The maximum absolute atomic E-state index is 8.92. The molecule has 0 aliphatic heterocycles. The van der Waals surface area contributed by atoms with Crippen LogP contribution in [0, 0.1) is 5.41 Å². The first-order valence-electron chi connectivity index (χ1n) is 9.81. The molecule has 0 aliphatic carbocycles. The fourth-order valence-electron chi connectivity index (χ4n) is 3.55. The lowest BCUT2D eigenvalue weighted by Crippen LogP contribution is -2.29. The molecule has 29 heavy (non-hydrogen) atoms. The van der Waals surface area contributed by atoms with Crippen LogP contribution in [0.1, 0.15) is 5.56 Å². The second kappa shape index (κ2) is 8.86. The van der Waals surface area contributed by atoms with E-state index in [0.29, 0.717) is 31.7 Å². The number of benzene rings is 2. The van der Waals surface area contributed by atoms with E-state index < -0.39 is 0 Å². The Morgan fingerprint density at radius 2 is 1.66 bits per heavy atom. The summed E-state index contributed by atoms with van der Waals surface area (Å²) < 4.78 is 3.98. The summed E-state index contributed by atoms with van der Waals surface area (Å²) in [5.41, 5.74) is 4.56. The number of aliphatic hydroxyl groups is 1. The van der Waals surface area contributed by atoms with Crippen LogP contribution in [0.3, 0.4) is 0 Å². The topological polar surface area (TPSA) is 78.9 Å². The van der Waals surface area contributed by atoms with Gasteiger partial charge in [0.25, 0.3) is 0 Å². The van der Waals surface area contributed by atoms with Crippen LogP contribution < -0.4 is 10.8 Å². The first-order chi connectivity index (χ1) is 14.3. The van der Waals surface area contributed by atoms with Crippen LogP contribution in [0.15, 0.2) is 73.2 Å². The van der Waals surface area contributed by atoms with Gasteiger partial charge in [0.05, 0.1) is 18.3 Å². The van der Waals surface area contributed by atoms with Gasteiger partial charge in [-0.05, 0) is 11.1 Å². The molecule has 0 atom stereocenters. The Morgan fingerprint density at radius 3 is 2.38 bits per heavy atom. The number of hydrogen-bond donors (Lipinski definition) is 3. The van der Waals surface area contributed by atoms with Gasteiger partial charge in [0.2, 0.25) is 0 Å². The fourth-order valence-corrected chi connectivity index (χ4v) is 3.55. The van der Waals surface area contributed by atoms with Crippen LogP contribution in [-0.4, -0.2) is 38.9 Å². The summed E-state index contributed by atoms with van der Waals surface area (Å²) in [6.45, 7) is 2.66. The van der Waals surface area contributed by atoms with Crippen molar-refractivity contribution in [3.8, 4) is 11.1 Å². The highest BCUT2D eigenvalue weighted by Crippen LogP contribution is 2.27. The quantitative estimate of drug-likeness (QED) is 0.407. The first kappa shape index (κ1) is 19.1. The van der Waals surface area contributed by atoms with E-state index in [1.165, 1.54) is 5.56 Å². The second-order valence-corrected chi connectivity index (χ2v) is 6.98. The molecule has 6 nitrogen and oxygen atoms in total. The van der Waals surface area contributed by atoms with Crippen molar-refractivity contribution in [1.82, 2.24) is 19.4 Å². The molecule has 0 fully saturated rings. The van der Waals surface area contributed by atoms with Crippen LogP contribution in [0.5, 0.6) is 0 Å². The molecule has 0 radical (unpaired) electrons. The molecule has 0 saturated heterocycles. The molecule has 2 aromatic carbocycles. The van der Waals surface area contributed by atoms with Gasteiger partial charge in [-0.1, -0.05) is 60.7 Å². The molecule has 3 N–H and O–H groups in total. The molecule has 0 bridgehead atoms. The highest BCUT2D eigenvalue weighted by atomic mass is 16.3. The van der Waals surface area contributed by atoms with E-state index in [1.807, 2.05) is 41.0 Å². The summed E-state index contributed by atoms with van der Waals surface area (Å²) in [6.07, 6.45) is 3.84. The number of aromatic nitrogens is 3. The average molecular weight is 387 g/mol. The van der Waals surface area contributed by atoms with Crippen molar-refractivity contribution in [2.24, 2.45) is 0 Å². The molecule has 2 aromatic heterocycles. The van der Waals surface area contributed by atoms with Crippen molar-refractivity contribution in [2.45, 2.75) is 13.1 Å². The Bertz CT molecular complexity index is 1130. The summed E-state index contributed by atoms with van der Waals surface area (Å²) >= 11 is 0. The van der Waals surface area contributed by atoms with Gasteiger partial charge < -0.3 is 19.6 Å². The monoisotopic (exact) mass is 387 g/mol. The van der Waals surface area contributed by atoms with Crippen molar-refractivity contribution in [3.63, 3.8) is 0 Å². The number of hydrogen-bond acceptors (Lipinski definition) is 4. The van der Waals surface area contributed by atoms with E-state index in [2.05, 4.69) is 40.3 Å². The van der Waals surface area contributed by atoms with Crippen molar-refractivity contribution in [1.29, 1.82) is 5.41 Å². The van der Waals surface area contributed by atoms with Crippen LogP contribution in [0.25, 0.3) is 22.2 Å². The minimum absolute atomic E-state index is 0.107. The summed E-state index contributed by atoms with van der Waals surface area (Å²) in [5, 5.41) is 21.8. The molecule has 148 valence electrons. The average Bonchev–Trinajstić information content (AvgIpc) is 3.13. The Hall–Kier alpha value is -3.22. The number of nitrogens with zero attached hydrogens (tertiary/aromatic N) is 3. The summed E-state index contributed by atoms with van der Waals surface area (Å²) in [4.78, 5) is 4.71. The van der Waals surface area contributed by atoms with Gasteiger partial charge in [-0.15, -0.1) is 0 Å². The predicted octanol–water partition coefficient (Wildman–Crippen LogP) is 2.61. The smallest absolute Gasteiger partial charge is 0.146 e. The Morgan fingerprint density at radius 1 is 0.931 bits per heavy atom. The third kappa shape index (κ3) is 4.13. The van der Waals surface area contributed by atoms with Crippen molar-refractivity contribution in [3.05, 3.63) is 84.2 Å². The standard InChI is InChI=1S/C23H25N5O/c24-22-21-20(19-9-5-2-6-10-19)16-28(15-18-7-3-1-4-8-18)23(21)26-17-27(22)13-11-25-12-14-29/h1-10,16-17,24-25,29H,11-15H2. The number of rotatable bonds is 8. The van der Waals surface area contributed by atoms with E-state index in [1.54, 1.807) is 6.33 Å². The summed E-state index contributed by atoms with van der Waals surface area (Å²) in [7, 11) is 0. The molecule has 0 saturated carbocycles.